The first-order valence-electron chi connectivity index (χ1n) is 7.59. The van der Waals surface area contributed by atoms with Crippen LogP contribution in [0.25, 0.3) is 0 Å². The van der Waals surface area contributed by atoms with E-state index in [1.54, 1.807) is 6.92 Å². The number of halogens is 3. The monoisotopic (exact) mass is 333 g/mol. The predicted molar refractivity (Wildman–Crippen MR) is 79.2 cm³/mol. The van der Waals surface area contributed by atoms with E-state index in [9.17, 15) is 23.4 Å². The third kappa shape index (κ3) is 5.37. The van der Waals surface area contributed by atoms with E-state index in [4.69, 9.17) is 4.74 Å². The van der Waals surface area contributed by atoms with Gasteiger partial charge in [0.05, 0.1) is 11.2 Å². The Morgan fingerprint density at radius 3 is 2.70 bits per heavy atom. The molecule has 130 valence electrons. The Balaban J connectivity index is 1.89. The number of para-hydroxylation sites is 1. The van der Waals surface area contributed by atoms with Gasteiger partial charge in [0.25, 0.3) is 0 Å². The molecule has 0 bridgehead atoms. The lowest BCUT2D eigenvalue weighted by Crippen LogP contribution is -2.49. The number of nitrogens with zero attached hydrogens (tertiary/aromatic N) is 1. The van der Waals surface area contributed by atoms with Crippen LogP contribution in [0.2, 0.25) is 0 Å². The molecule has 1 aromatic rings. The van der Waals surface area contributed by atoms with Crippen LogP contribution in [0.15, 0.2) is 24.3 Å². The zero-order valence-electron chi connectivity index (χ0n) is 13.0. The lowest BCUT2D eigenvalue weighted by atomic mass is 9.95. The summed E-state index contributed by atoms with van der Waals surface area (Å²) >= 11 is 0. The zero-order chi connectivity index (χ0) is 17.1. The minimum absolute atomic E-state index is 0.230. The first-order chi connectivity index (χ1) is 10.7. The number of β-amino-alcohol motifs (C(OH)–C–C–N with tert-alkyl or cyclic N) is 2. The van der Waals surface area contributed by atoms with E-state index in [1.807, 2.05) is 4.90 Å². The maximum absolute atomic E-state index is 12.9. The van der Waals surface area contributed by atoms with Crippen LogP contribution in [-0.2, 0) is 6.18 Å². The minimum atomic E-state index is -4.49. The SMILES string of the molecule is C[C@]1(O)CCCN(C[C@H](O)COc2ccccc2C(F)(F)F)C1. The Kier molecular flexibility index (Phi) is 5.54. The molecule has 1 saturated heterocycles. The standard InChI is InChI=1S/C16H22F3NO3/c1-15(22)7-4-8-20(11-15)9-12(21)10-23-14-6-3-2-5-13(14)16(17,18)19/h2-3,5-6,12,21-22H,4,7-11H2,1H3/t12-,15-/m0/s1. The van der Waals surface area contributed by atoms with Crippen molar-refractivity contribution in [2.45, 2.75) is 37.6 Å². The van der Waals surface area contributed by atoms with E-state index in [0.29, 0.717) is 13.0 Å². The molecule has 2 N–H and O–H groups in total. The summed E-state index contributed by atoms with van der Waals surface area (Å²) in [6.07, 6.45) is -3.90. The highest BCUT2D eigenvalue weighted by Gasteiger charge is 2.34. The summed E-state index contributed by atoms with van der Waals surface area (Å²) in [4.78, 5) is 1.90. The van der Waals surface area contributed by atoms with Crippen LogP contribution in [0.1, 0.15) is 25.3 Å². The fourth-order valence-electron chi connectivity index (χ4n) is 2.84. The molecule has 4 nitrogen and oxygen atoms in total. The number of rotatable bonds is 5. The molecule has 0 radical (unpaired) electrons. The maximum atomic E-state index is 12.9. The molecule has 1 aliphatic rings. The van der Waals surface area contributed by atoms with Gasteiger partial charge in [-0.2, -0.15) is 13.2 Å². The summed E-state index contributed by atoms with van der Waals surface area (Å²) in [5, 5.41) is 20.0. The quantitative estimate of drug-likeness (QED) is 0.868. The van der Waals surface area contributed by atoms with Crippen LogP contribution < -0.4 is 4.74 Å². The number of alkyl halides is 3. The van der Waals surface area contributed by atoms with Crippen molar-refractivity contribution in [1.29, 1.82) is 0 Å². The summed E-state index contributed by atoms with van der Waals surface area (Å²) in [5.41, 5.74) is -1.64. The molecule has 0 spiro atoms. The number of ether oxygens (including phenoxy) is 1. The molecule has 1 aromatic carbocycles. The van der Waals surface area contributed by atoms with Gasteiger partial charge in [0, 0.05) is 13.1 Å². The number of likely N-dealkylation sites (tertiary alicyclic amines) is 1. The van der Waals surface area contributed by atoms with Gasteiger partial charge in [-0.15, -0.1) is 0 Å². The summed E-state index contributed by atoms with van der Waals surface area (Å²) in [7, 11) is 0. The second-order valence-corrected chi connectivity index (χ2v) is 6.29. The van der Waals surface area contributed by atoms with Crippen molar-refractivity contribution >= 4 is 0 Å². The van der Waals surface area contributed by atoms with Crippen LogP contribution in [0, 0.1) is 0 Å². The van der Waals surface area contributed by atoms with Crippen molar-refractivity contribution in [3.63, 3.8) is 0 Å². The molecule has 0 aliphatic carbocycles. The lowest BCUT2D eigenvalue weighted by molar-refractivity contribution is -0.139. The molecule has 0 saturated carbocycles. The Morgan fingerprint density at radius 2 is 2.04 bits per heavy atom. The van der Waals surface area contributed by atoms with E-state index < -0.39 is 23.4 Å². The minimum Gasteiger partial charge on any atom is -0.490 e. The van der Waals surface area contributed by atoms with Gasteiger partial charge in [0.1, 0.15) is 18.5 Å². The highest BCUT2D eigenvalue weighted by Crippen LogP contribution is 2.35. The zero-order valence-corrected chi connectivity index (χ0v) is 13.0. The van der Waals surface area contributed by atoms with Gasteiger partial charge in [-0.1, -0.05) is 12.1 Å². The molecule has 2 rings (SSSR count). The van der Waals surface area contributed by atoms with Gasteiger partial charge < -0.3 is 14.9 Å². The van der Waals surface area contributed by atoms with E-state index in [2.05, 4.69) is 0 Å². The predicted octanol–water partition coefficient (Wildman–Crippen LogP) is 2.29. The van der Waals surface area contributed by atoms with Gasteiger partial charge in [0.15, 0.2) is 0 Å². The summed E-state index contributed by atoms with van der Waals surface area (Å²) in [6.45, 7) is 2.94. The highest BCUT2D eigenvalue weighted by molar-refractivity contribution is 5.35. The van der Waals surface area contributed by atoms with Gasteiger partial charge >= 0.3 is 6.18 Å². The van der Waals surface area contributed by atoms with Crippen molar-refractivity contribution in [2.24, 2.45) is 0 Å². The van der Waals surface area contributed by atoms with E-state index in [0.717, 1.165) is 19.0 Å². The molecule has 0 unspecified atom stereocenters. The second kappa shape index (κ2) is 7.07. The van der Waals surface area contributed by atoms with Gasteiger partial charge in [0.2, 0.25) is 0 Å². The maximum Gasteiger partial charge on any atom is 0.419 e. The van der Waals surface area contributed by atoms with Crippen LogP contribution in [0.4, 0.5) is 13.2 Å². The number of hydrogen-bond donors (Lipinski definition) is 2. The third-order valence-corrected chi connectivity index (χ3v) is 3.85. The largest absolute Gasteiger partial charge is 0.490 e. The van der Waals surface area contributed by atoms with Crippen LogP contribution >= 0.6 is 0 Å². The van der Waals surface area contributed by atoms with Gasteiger partial charge in [-0.25, -0.2) is 0 Å². The molecule has 0 amide bonds. The van der Waals surface area contributed by atoms with E-state index in [-0.39, 0.29) is 18.9 Å². The summed E-state index contributed by atoms with van der Waals surface area (Å²) in [6, 6.07) is 4.94. The Hall–Kier alpha value is -1.31. The molecule has 1 fully saturated rings. The second-order valence-electron chi connectivity index (χ2n) is 6.29. The Bertz CT molecular complexity index is 520. The number of hydrogen-bond acceptors (Lipinski definition) is 4. The van der Waals surface area contributed by atoms with Crippen molar-refractivity contribution < 1.29 is 28.1 Å². The molecular weight excluding hydrogens is 311 g/mol. The smallest absolute Gasteiger partial charge is 0.419 e. The average molecular weight is 333 g/mol. The molecule has 1 aliphatic heterocycles. The number of piperidine rings is 1. The van der Waals surface area contributed by atoms with Crippen molar-refractivity contribution in [3.05, 3.63) is 29.8 Å². The number of aliphatic hydroxyl groups is 2. The first-order valence-corrected chi connectivity index (χ1v) is 7.59. The molecule has 0 aromatic heterocycles. The number of aliphatic hydroxyl groups excluding tert-OH is 1. The van der Waals surface area contributed by atoms with Gasteiger partial charge in [-0.3, -0.25) is 4.90 Å². The van der Waals surface area contributed by atoms with Crippen molar-refractivity contribution in [3.8, 4) is 5.75 Å². The lowest BCUT2D eigenvalue weighted by Gasteiger charge is -2.37. The van der Waals surface area contributed by atoms with Crippen LogP contribution in [-0.4, -0.2) is 53.1 Å². The molecule has 23 heavy (non-hydrogen) atoms. The van der Waals surface area contributed by atoms with Crippen LogP contribution in [0.3, 0.4) is 0 Å². The summed E-state index contributed by atoms with van der Waals surface area (Å²) < 4.78 is 43.7. The molecular formula is C16H22F3NO3. The normalized spacial score (nSPS) is 24.4. The topological polar surface area (TPSA) is 52.9 Å². The Labute approximate surface area is 133 Å². The molecule has 7 heteroatoms. The van der Waals surface area contributed by atoms with E-state index in [1.165, 1.54) is 18.2 Å². The molecule has 1 heterocycles. The fourth-order valence-corrected chi connectivity index (χ4v) is 2.84. The average Bonchev–Trinajstić information content (AvgIpc) is 2.43. The van der Waals surface area contributed by atoms with E-state index >= 15 is 0 Å². The fraction of sp³-hybridized carbons (Fsp3) is 0.625. The first kappa shape index (κ1) is 18.0. The highest BCUT2D eigenvalue weighted by atomic mass is 19.4. The molecule has 2 atom stereocenters. The Morgan fingerprint density at radius 1 is 1.35 bits per heavy atom. The van der Waals surface area contributed by atoms with Crippen LogP contribution in [0.5, 0.6) is 5.75 Å². The van der Waals surface area contributed by atoms with Crippen molar-refractivity contribution in [2.75, 3.05) is 26.2 Å². The van der Waals surface area contributed by atoms with Gasteiger partial charge in [-0.05, 0) is 38.4 Å². The van der Waals surface area contributed by atoms with Crippen molar-refractivity contribution in [1.82, 2.24) is 4.90 Å². The number of benzene rings is 1. The summed E-state index contributed by atoms with van der Waals surface area (Å²) in [5.74, 6) is -0.287. The third-order valence-electron chi connectivity index (χ3n) is 3.85.